The highest BCUT2D eigenvalue weighted by atomic mass is 35.5. The number of nitrogens with one attached hydrogen (secondary N) is 1. The molecule has 0 radical (unpaired) electrons. The van der Waals surface area contributed by atoms with E-state index in [-0.39, 0.29) is 39.9 Å². The number of furan rings is 1. The van der Waals surface area contributed by atoms with Gasteiger partial charge in [0, 0.05) is 40.9 Å². The number of carbonyl (C=O) groups is 1. The molecule has 35 heavy (non-hydrogen) atoms. The van der Waals surface area contributed by atoms with E-state index in [2.05, 4.69) is 5.32 Å². The predicted molar refractivity (Wildman–Crippen MR) is 137 cm³/mol. The summed E-state index contributed by atoms with van der Waals surface area (Å²) in [5.74, 6) is -0.0306. The van der Waals surface area contributed by atoms with Gasteiger partial charge in [-0.15, -0.1) is 0 Å². The zero-order valence-electron chi connectivity index (χ0n) is 18.8. The summed E-state index contributed by atoms with van der Waals surface area (Å²) in [5.41, 5.74) is 1.90. The van der Waals surface area contributed by atoms with Gasteiger partial charge in [0.1, 0.15) is 21.8 Å². The van der Waals surface area contributed by atoms with Gasteiger partial charge in [-0.2, -0.15) is 4.31 Å². The SMILES string of the molecule is COc1cc2c(cc1NC(=O)C1CCN(S(=O)(=O)c3cc(Cl)ccc3Cl)CC1)oc1ccccc12. The summed E-state index contributed by atoms with van der Waals surface area (Å²) >= 11 is 12.1. The van der Waals surface area contributed by atoms with Gasteiger partial charge in [-0.05, 0) is 43.2 Å². The molecule has 1 N–H and O–H groups in total. The number of sulfonamides is 1. The minimum Gasteiger partial charge on any atom is -0.495 e. The molecular weight excluding hydrogens is 511 g/mol. The molecule has 10 heteroatoms. The molecule has 0 spiro atoms. The van der Waals surface area contributed by atoms with Crippen molar-refractivity contribution in [1.29, 1.82) is 0 Å². The molecule has 2 heterocycles. The average Bonchev–Trinajstić information content (AvgIpc) is 3.22. The second-order valence-electron chi connectivity index (χ2n) is 8.39. The molecule has 1 aliphatic heterocycles. The maximum absolute atomic E-state index is 13.1. The van der Waals surface area contributed by atoms with E-state index in [0.717, 1.165) is 16.4 Å². The van der Waals surface area contributed by atoms with Crippen molar-refractivity contribution < 1.29 is 22.4 Å². The Labute approximate surface area is 212 Å². The van der Waals surface area contributed by atoms with Gasteiger partial charge >= 0.3 is 0 Å². The number of methoxy groups -OCH3 is 1. The van der Waals surface area contributed by atoms with E-state index < -0.39 is 10.0 Å². The van der Waals surface area contributed by atoms with Gasteiger partial charge in [-0.1, -0.05) is 41.4 Å². The summed E-state index contributed by atoms with van der Waals surface area (Å²) in [6.07, 6.45) is 0.747. The normalized spacial score (nSPS) is 15.5. The Morgan fingerprint density at radius 3 is 2.51 bits per heavy atom. The third kappa shape index (κ3) is 4.47. The van der Waals surface area contributed by atoms with Crippen molar-refractivity contribution in [3.8, 4) is 5.75 Å². The monoisotopic (exact) mass is 532 g/mol. The fraction of sp³-hybridized carbons (Fsp3) is 0.240. The highest BCUT2D eigenvalue weighted by Crippen LogP contribution is 2.37. The maximum atomic E-state index is 13.1. The maximum Gasteiger partial charge on any atom is 0.244 e. The van der Waals surface area contributed by atoms with Gasteiger partial charge in [0.2, 0.25) is 15.9 Å². The van der Waals surface area contributed by atoms with Gasteiger partial charge in [0.15, 0.2) is 0 Å². The molecule has 0 bridgehead atoms. The Bertz CT molecular complexity index is 1540. The minimum atomic E-state index is -3.82. The van der Waals surface area contributed by atoms with E-state index in [0.29, 0.717) is 29.9 Å². The average molecular weight is 533 g/mol. The van der Waals surface area contributed by atoms with Crippen LogP contribution in [0.3, 0.4) is 0 Å². The number of hydrogen-bond acceptors (Lipinski definition) is 5. The van der Waals surface area contributed by atoms with Crippen LogP contribution in [0.1, 0.15) is 12.8 Å². The van der Waals surface area contributed by atoms with E-state index >= 15 is 0 Å². The Kier molecular flexibility index (Phi) is 6.40. The lowest BCUT2D eigenvalue weighted by molar-refractivity contribution is -0.120. The molecule has 5 rings (SSSR count). The summed E-state index contributed by atoms with van der Waals surface area (Å²) in [6.45, 7) is 0.395. The topological polar surface area (TPSA) is 88.9 Å². The molecule has 3 aromatic carbocycles. The largest absolute Gasteiger partial charge is 0.495 e. The number of para-hydroxylation sites is 1. The van der Waals surface area contributed by atoms with E-state index in [1.54, 1.807) is 13.2 Å². The smallest absolute Gasteiger partial charge is 0.244 e. The number of fused-ring (bicyclic) bond motifs is 3. The lowest BCUT2D eigenvalue weighted by Gasteiger charge is -2.30. The molecule has 1 saturated heterocycles. The van der Waals surface area contributed by atoms with Crippen LogP contribution in [0.5, 0.6) is 5.75 Å². The van der Waals surface area contributed by atoms with Crippen LogP contribution in [-0.4, -0.2) is 38.8 Å². The van der Waals surface area contributed by atoms with Crippen molar-refractivity contribution in [2.45, 2.75) is 17.7 Å². The number of amides is 1. The number of anilines is 1. The third-order valence-corrected chi connectivity index (χ3v) is 8.91. The summed E-state index contributed by atoms with van der Waals surface area (Å²) < 4.78 is 38.9. The molecule has 7 nitrogen and oxygen atoms in total. The number of ether oxygens (including phenoxy) is 1. The Hall–Kier alpha value is -2.78. The quantitative estimate of drug-likeness (QED) is 0.343. The van der Waals surface area contributed by atoms with Crippen LogP contribution in [0.25, 0.3) is 21.9 Å². The standard InChI is InChI=1S/C25H22Cl2N2O5S/c1-33-23-13-18-17-4-2-3-5-21(17)34-22(18)14-20(23)28-25(30)15-8-10-29(11-9-15)35(31,32)24-12-16(26)6-7-19(24)27/h2-7,12-15H,8-11H2,1H3,(H,28,30). The summed E-state index contributed by atoms with van der Waals surface area (Å²) in [5, 5.41) is 5.20. The number of hydrogen-bond donors (Lipinski definition) is 1. The van der Waals surface area contributed by atoms with E-state index in [1.807, 2.05) is 30.3 Å². The predicted octanol–water partition coefficient (Wildman–Crippen LogP) is 5.94. The lowest BCUT2D eigenvalue weighted by atomic mass is 9.97. The molecule has 1 aliphatic rings. The molecule has 1 fully saturated rings. The van der Waals surface area contributed by atoms with Gasteiger partial charge < -0.3 is 14.5 Å². The van der Waals surface area contributed by atoms with Crippen molar-refractivity contribution in [3.05, 3.63) is 64.6 Å². The van der Waals surface area contributed by atoms with E-state index in [1.165, 1.54) is 22.5 Å². The zero-order valence-corrected chi connectivity index (χ0v) is 21.1. The molecule has 0 atom stereocenters. The molecular formula is C25H22Cl2N2O5S. The number of piperidine rings is 1. The van der Waals surface area contributed by atoms with Crippen LogP contribution < -0.4 is 10.1 Å². The number of halogens is 2. The van der Waals surface area contributed by atoms with Crippen LogP contribution in [0.15, 0.2) is 63.9 Å². The van der Waals surface area contributed by atoms with Gasteiger partial charge in [-0.3, -0.25) is 4.79 Å². The van der Waals surface area contributed by atoms with Crippen molar-refractivity contribution >= 4 is 66.8 Å². The molecule has 0 aliphatic carbocycles. The molecule has 4 aromatic rings. The highest BCUT2D eigenvalue weighted by molar-refractivity contribution is 7.89. The lowest BCUT2D eigenvalue weighted by Crippen LogP contribution is -2.41. The molecule has 1 amide bonds. The summed E-state index contributed by atoms with van der Waals surface area (Å²) in [4.78, 5) is 13.0. The fourth-order valence-electron chi connectivity index (χ4n) is 4.43. The first-order valence-electron chi connectivity index (χ1n) is 11.0. The first-order valence-corrected chi connectivity index (χ1v) is 13.2. The van der Waals surface area contributed by atoms with Crippen molar-refractivity contribution in [1.82, 2.24) is 4.31 Å². The molecule has 0 unspecified atom stereocenters. The second-order valence-corrected chi connectivity index (χ2v) is 11.1. The van der Waals surface area contributed by atoms with Crippen LogP contribution in [-0.2, 0) is 14.8 Å². The van der Waals surface area contributed by atoms with Crippen molar-refractivity contribution in [2.24, 2.45) is 5.92 Å². The van der Waals surface area contributed by atoms with Crippen LogP contribution in [0.4, 0.5) is 5.69 Å². The molecule has 0 saturated carbocycles. The summed E-state index contributed by atoms with van der Waals surface area (Å²) in [7, 11) is -2.27. The van der Waals surface area contributed by atoms with Gasteiger partial charge in [-0.25, -0.2) is 8.42 Å². The first kappa shape index (κ1) is 23.9. The molecule has 182 valence electrons. The number of carbonyl (C=O) groups excluding carboxylic acids is 1. The summed E-state index contributed by atoms with van der Waals surface area (Å²) in [6, 6.07) is 15.6. The van der Waals surface area contributed by atoms with Crippen LogP contribution in [0.2, 0.25) is 10.0 Å². The van der Waals surface area contributed by atoms with E-state index in [4.69, 9.17) is 32.4 Å². The second kappa shape index (κ2) is 9.35. The Morgan fingerprint density at radius 1 is 1.03 bits per heavy atom. The van der Waals surface area contributed by atoms with Gasteiger partial charge in [0.25, 0.3) is 0 Å². The minimum absolute atomic E-state index is 0.0292. The number of rotatable bonds is 5. The fourth-order valence-corrected chi connectivity index (χ4v) is 6.63. The Morgan fingerprint density at radius 2 is 1.77 bits per heavy atom. The van der Waals surface area contributed by atoms with Crippen molar-refractivity contribution in [3.63, 3.8) is 0 Å². The van der Waals surface area contributed by atoms with Crippen molar-refractivity contribution in [2.75, 3.05) is 25.5 Å². The van der Waals surface area contributed by atoms with Gasteiger partial charge in [0.05, 0.1) is 17.8 Å². The zero-order chi connectivity index (χ0) is 24.7. The molecule has 1 aromatic heterocycles. The van der Waals surface area contributed by atoms with E-state index in [9.17, 15) is 13.2 Å². The third-order valence-electron chi connectivity index (χ3n) is 6.29. The highest BCUT2D eigenvalue weighted by Gasteiger charge is 2.33. The van der Waals surface area contributed by atoms with Crippen LogP contribution >= 0.6 is 23.2 Å². The first-order chi connectivity index (χ1) is 16.8. The van der Waals surface area contributed by atoms with Crippen LogP contribution in [0, 0.1) is 5.92 Å². The number of benzene rings is 3. The number of nitrogens with zero attached hydrogens (tertiary/aromatic N) is 1. The Balaban J connectivity index is 1.32.